The smallest absolute Gasteiger partial charge is 0.254 e. The lowest BCUT2D eigenvalue weighted by atomic mass is 10.0. The van der Waals surface area contributed by atoms with Crippen molar-refractivity contribution in [1.29, 1.82) is 0 Å². The molecule has 0 bridgehead atoms. The second-order valence-corrected chi connectivity index (χ2v) is 8.26. The van der Waals surface area contributed by atoms with E-state index in [0.29, 0.717) is 30.5 Å². The van der Waals surface area contributed by atoms with Crippen molar-refractivity contribution in [2.75, 3.05) is 11.4 Å². The summed E-state index contributed by atoms with van der Waals surface area (Å²) < 4.78 is 0. The number of amides is 2. The molecular formula is C24H28N2O2. The Morgan fingerprint density at radius 3 is 2.50 bits per heavy atom. The van der Waals surface area contributed by atoms with Crippen molar-refractivity contribution in [3.05, 3.63) is 65.2 Å². The molecular weight excluding hydrogens is 348 g/mol. The molecule has 1 saturated carbocycles. The van der Waals surface area contributed by atoms with Gasteiger partial charge in [-0.3, -0.25) is 9.59 Å². The van der Waals surface area contributed by atoms with E-state index < -0.39 is 0 Å². The van der Waals surface area contributed by atoms with Gasteiger partial charge in [0.05, 0.1) is 0 Å². The van der Waals surface area contributed by atoms with Gasteiger partial charge in [0.2, 0.25) is 5.91 Å². The van der Waals surface area contributed by atoms with Gasteiger partial charge in [-0.25, -0.2) is 0 Å². The average Bonchev–Trinajstić information content (AvgIpc) is 3.46. The zero-order chi connectivity index (χ0) is 19.7. The van der Waals surface area contributed by atoms with Crippen molar-refractivity contribution in [2.45, 2.75) is 58.0 Å². The van der Waals surface area contributed by atoms with Crippen LogP contribution in [0.15, 0.2) is 48.5 Å². The van der Waals surface area contributed by atoms with Gasteiger partial charge in [-0.2, -0.15) is 0 Å². The molecule has 4 nitrogen and oxygen atoms in total. The first kappa shape index (κ1) is 18.7. The van der Waals surface area contributed by atoms with Crippen molar-refractivity contribution in [1.82, 2.24) is 4.90 Å². The first-order valence-electron chi connectivity index (χ1n) is 10.3. The van der Waals surface area contributed by atoms with Crippen molar-refractivity contribution in [2.24, 2.45) is 0 Å². The summed E-state index contributed by atoms with van der Waals surface area (Å²) in [5, 5.41) is 0. The van der Waals surface area contributed by atoms with Gasteiger partial charge in [0.25, 0.3) is 5.91 Å². The average molecular weight is 377 g/mol. The van der Waals surface area contributed by atoms with Gasteiger partial charge in [-0.1, -0.05) is 44.2 Å². The van der Waals surface area contributed by atoms with Crippen LogP contribution in [-0.2, 0) is 11.3 Å². The normalized spacial score (nSPS) is 16.7. The lowest BCUT2D eigenvalue weighted by molar-refractivity contribution is -0.117. The van der Waals surface area contributed by atoms with Gasteiger partial charge >= 0.3 is 0 Å². The largest absolute Gasteiger partial charge is 0.331 e. The molecule has 0 atom stereocenters. The van der Waals surface area contributed by atoms with Gasteiger partial charge in [-0.15, -0.1) is 0 Å². The van der Waals surface area contributed by atoms with E-state index in [1.807, 2.05) is 29.2 Å². The molecule has 1 heterocycles. The predicted molar refractivity (Wildman–Crippen MR) is 111 cm³/mol. The molecule has 0 aromatic heterocycles. The minimum Gasteiger partial charge on any atom is -0.331 e. The lowest BCUT2D eigenvalue weighted by Crippen LogP contribution is -2.33. The molecule has 2 aromatic carbocycles. The molecule has 28 heavy (non-hydrogen) atoms. The van der Waals surface area contributed by atoms with E-state index in [1.165, 1.54) is 5.56 Å². The number of carbonyl (C=O) groups excluding carboxylic acids is 2. The summed E-state index contributed by atoms with van der Waals surface area (Å²) in [4.78, 5) is 29.1. The Bertz CT molecular complexity index is 868. The van der Waals surface area contributed by atoms with Gasteiger partial charge in [0, 0.05) is 36.8 Å². The van der Waals surface area contributed by atoms with Crippen LogP contribution in [-0.4, -0.2) is 29.3 Å². The summed E-state index contributed by atoms with van der Waals surface area (Å²) in [6.45, 7) is 5.75. The first-order chi connectivity index (χ1) is 13.5. The van der Waals surface area contributed by atoms with Crippen molar-refractivity contribution in [3.8, 4) is 0 Å². The first-order valence-corrected chi connectivity index (χ1v) is 10.3. The fourth-order valence-electron chi connectivity index (χ4n) is 3.85. The van der Waals surface area contributed by atoms with E-state index >= 15 is 0 Å². The van der Waals surface area contributed by atoms with E-state index in [1.54, 1.807) is 4.90 Å². The summed E-state index contributed by atoms with van der Waals surface area (Å²) in [6.07, 6.45) is 3.62. The molecule has 2 aromatic rings. The maximum atomic E-state index is 13.3. The molecule has 0 radical (unpaired) electrons. The van der Waals surface area contributed by atoms with Crippen LogP contribution in [0, 0.1) is 0 Å². The molecule has 146 valence electrons. The minimum atomic E-state index is 0.0592. The molecule has 2 aliphatic rings. The number of benzene rings is 2. The van der Waals surface area contributed by atoms with Gasteiger partial charge in [-0.05, 0) is 54.5 Å². The van der Waals surface area contributed by atoms with Gasteiger partial charge < -0.3 is 9.80 Å². The Balaban J connectivity index is 1.53. The summed E-state index contributed by atoms with van der Waals surface area (Å²) in [5.41, 5.74) is 3.99. The Labute approximate surface area is 167 Å². The molecule has 0 N–H and O–H groups in total. The maximum absolute atomic E-state index is 13.3. The molecule has 0 unspecified atom stereocenters. The van der Waals surface area contributed by atoms with E-state index in [9.17, 15) is 9.59 Å². The standard InChI is InChI=1S/C24H28N2O2/c1-17(2)19-10-8-18(9-11-19)16-26(21-12-13-21)24(28)20-5-3-6-22(15-20)25-14-4-7-23(25)27/h3,5-6,8-11,15,17,21H,4,7,12-14,16H2,1-2H3. The Morgan fingerprint density at radius 2 is 1.89 bits per heavy atom. The van der Waals surface area contributed by atoms with E-state index in [-0.39, 0.29) is 11.8 Å². The third kappa shape index (κ3) is 3.96. The fraction of sp³-hybridized carbons (Fsp3) is 0.417. The van der Waals surface area contributed by atoms with Crippen LogP contribution in [0.4, 0.5) is 5.69 Å². The number of carbonyl (C=O) groups is 2. The van der Waals surface area contributed by atoms with E-state index in [2.05, 4.69) is 38.1 Å². The Kier molecular flexibility index (Phi) is 5.21. The molecule has 1 saturated heterocycles. The zero-order valence-electron chi connectivity index (χ0n) is 16.7. The maximum Gasteiger partial charge on any atom is 0.254 e. The number of rotatable bonds is 6. The molecule has 2 amide bonds. The van der Waals surface area contributed by atoms with E-state index in [0.717, 1.165) is 37.1 Å². The lowest BCUT2D eigenvalue weighted by Gasteiger charge is -2.24. The highest BCUT2D eigenvalue weighted by molar-refractivity contribution is 5.99. The highest BCUT2D eigenvalue weighted by atomic mass is 16.2. The Morgan fingerprint density at radius 1 is 1.14 bits per heavy atom. The van der Waals surface area contributed by atoms with Crippen molar-refractivity contribution < 1.29 is 9.59 Å². The molecule has 1 aliphatic heterocycles. The number of anilines is 1. The van der Waals surface area contributed by atoms with Crippen LogP contribution in [0.2, 0.25) is 0 Å². The highest BCUT2D eigenvalue weighted by Gasteiger charge is 2.33. The van der Waals surface area contributed by atoms with Crippen LogP contribution in [0.5, 0.6) is 0 Å². The van der Waals surface area contributed by atoms with Crippen LogP contribution in [0.25, 0.3) is 0 Å². The van der Waals surface area contributed by atoms with Crippen molar-refractivity contribution >= 4 is 17.5 Å². The molecule has 4 rings (SSSR count). The second kappa shape index (κ2) is 7.78. The quantitative estimate of drug-likeness (QED) is 0.730. The van der Waals surface area contributed by atoms with Crippen molar-refractivity contribution in [3.63, 3.8) is 0 Å². The summed E-state index contributed by atoms with van der Waals surface area (Å²) in [5.74, 6) is 0.712. The van der Waals surface area contributed by atoms with Crippen LogP contribution >= 0.6 is 0 Å². The van der Waals surface area contributed by atoms with Crippen LogP contribution < -0.4 is 4.90 Å². The Hall–Kier alpha value is -2.62. The number of nitrogens with zero attached hydrogens (tertiary/aromatic N) is 2. The monoisotopic (exact) mass is 376 g/mol. The number of hydrogen-bond donors (Lipinski definition) is 0. The third-order valence-electron chi connectivity index (χ3n) is 5.73. The third-order valence-corrected chi connectivity index (χ3v) is 5.73. The molecule has 4 heteroatoms. The topological polar surface area (TPSA) is 40.6 Å². The SMILES string of the molecule is CC(C)c1ccc(CN(C(=O)c2cccc(N3CCCC3=O)c2)C2CC2)cc1. The fourth-order valence-corrected chi connectivity index (χ4v) is 3.85. The van der Waals surface area contributed by atoms with Crippen LogP contribution in [0.3, 0.4) is 0 Å². The van der Waals surface area contributed by atoms with E-state index in [4.69, 9.17) is 0 Å². The summed E-state index contributed by atoms with van der Waals surface area (Å²) in [6, 6.07) is 16.5. The second-order valence-electron chi connectivity index (χ2n) is 8.26. The predicted octanol–water partition coefficient (Wildman–Crippen LogP) is 4.74. The number of hydrogen-bond acceptors (Lipinski definition) is 2. The molecule has 0 spiro atoms. The summed E-state index contributed by atoms with van der Waals surface area (Å²) >= 11 is 0. The highest BCUT2D eigenvalue weighted by Crippen LogP contribution is 2.31. The minimum absolute atomic E-state index is 0.0592. The van der Waals surface area contributed by atoms with Crippen LogP contribution in [0.1, 0.15) is 66.9 Å². The molecule has 2 fully saturated rings. The summed E-state index contributed by atoms with van der Waals surface area (Å²) in [7, 11) is 0. The van der Waals surface area contributed by atoms with Gasteiger partial charge in [0.1, 0.15) is 0 Å². The zero-order valence-corrected chi connectivity index (χ0v) is 16.7. The molecule has 1 aliphatic carbocycles. The van der Waals surface area contributed by atoms with Gasteiger partial charge in [0.15, 0.2) is 0 Å².